The molecular formula is C10H12N6O2. The van der Waals surface area contributed by atoms with Crippen molar-refractivity contribution in [2.45, 2.75) is 0 Å². The normalized spacial score (nSPS) is 9.33. The lowest BCUT2D eigenvalue weighted by Crippen LogP contribution is -2.39. The molecular weight excluding hydrogens is 236 g/mol. The molecule has 0 saturated carbocycles. The van der Waals surface area contributed by atoms with Gasteiger partial charge in [0.1, 0.15) is 0 Å². The highest BCUT2D eigenvalue weighted by molar-refractivity contribution is 6.14. The third-order valence-electron chi connectivity index (χ3n) is 1.91. The zero-order chi connectivity index (χ0) is 13.7. The molecule has 94 valence electrons. The summed E-state index contributed by atoms with van der Waals surface area (Å²) < 4.78 is 0. The smallest absolute Gasteiger partial charge is 0.258 e. The van der Waals surface area contributed by atoms with Crippen molar-refractivity contribution in [3.8, 4) is 0 Å². The maximum Gasteiger partial charge on any atom is 0.258 e. The van der Waals surface area contributed by atoms with Gasteiger partial charge in [0.25, 0.3) is 11.8 Å². The predicted octanol–water partition coefficient (Wildman–Crippen LogP) is -1.07. The topological polar surface area (TPSA) is 158 Å². The van der Waals surface area contributed by atoms with Gasteiger partial charge in [0.05, 0.1) is 11.1 Å². The highest BCUT2D eigenvalue weighted by Gasteiger charge is 2.17. The summed E-state index contributed by atoms with van der Waals surface area (Å²) in [4.78, 5) is 23.3. The van der Waals surface area contributed by atoms with Crippen LogP contribution in [0, 0.1) is 10.8 Å². The number of carbonyl (C=O) groups excluding carboxylic acids is 2. The molecule has 0 spiro atoms. The standard InChI is InChI=1S/C10H12N6O2/c11-9(12)15-7(17)5-3-1-2-4-6(5)8(18)16-10(13)14/h1-4H,(H4,11,12,15,17)(H4,13,14,16,18). The molecule has 0 aromatic heterocycles. The first-order valence-corrected chi connectivity index (χ1v) is 4.81. The molecule has 0 aliphatic heterocycles. The van der Waals surface area contributed by atoms with Gasteiger partial charge in [-0.05, 0) is 12.1 Å². The Morgan fingerprint density at radius 2 is 1.22 bits per heavy atom. The summed E-state index contributed by atoms with van der Waals surface area (Å²) in [7, 11) is 0. The SMILES string of the molecule is N=C(N)NC(=O)c1ccccc1C(=O)NC(=N)N. The molecule has 0 atom stereocenters. The summed E-state index contributed by atoms with van der Waals surface area (Å²) in [5.41, 5.74) is 10.1. The lowest BCUT2D eigenvalue weighted by atomic mass is 10.1. The van der Waals surface area contributed by atoms with Crippen LogP contribution in [0.2, 0.25) is 0 Å². The molecule has 0 radical (unpaired) electrons. The van der Waals surface area contributed by atoms with Gasteiger partial charge in [-0.3, -0.25) is 31.0 Å². The molecule has 1 aromatic rings. The number of amides is 2. The van der Waals surface area contributed by atoms with E-state index in [1.165, 1.54) is 12.1 Å². The molecule has 1 rings (SSSR count). The van der Waals surface area contributed by atoms with Gasteiger partial charge in [-0.2, -0.15) is 0 Å². The average Bonchev–Trinajstić information content (AvgIpc) is 2.27. The van der Waals surface area contributed by atoms with Gasteiger partial charge in [0.2, 0.25) is 0 Å². The molecule has 1 aromatic carbocycles. The predicted molar refractivity (Wildman–Crippen MR) is 65.2 cm³/mol. The summed E-state index contributed by atoms with van der Waals surface area (Å²) in [5, 5.41) is 18.0. The van der Waals surface area contributed by atoms with Crippen LogP contribution < -0.4 is 22.1 Å². The Morgan fingerprint density at radius 3 is 1.50 bits per heavy atom. The Kier molecular flexibility index (Phi) is 3.98. The molecule has 8 heteroatoms. The number of rotatable bonds is 2. The van der Waals surface area contributed by atoms with E-state index in [0.29, 0.717) is 0 Å². The Balaban J connectivity index is 3.06. The highest BCUT2D eigenvalue weighted by atomic mass is 16.2. The summed E-state index contributed by atoms with van der Waals surface area (Å²) in [6.07, 6.45) is 0. The van der Waals surface area contributed by atoms with Crippen molar-refractivity contribution in [3.63, 3.8) is 0 Å². The lowest BCUT2D eigenvalue weighted by Gasteiger charge is -2.08. The zero-order valence-corrected chi connectivity index (χ0v) is 9.28. The first-order valence-electron chi connectivity index (χ1n) is 4.81. The van der Waals surface area contributed by atoms with Crippen LogP contribution in [0.25, 0.3) is 0 Å². The molecule has 8 nitrogen and oxygen atoms in total. The van der Waals surface area contributed by atoms with E-state index in [0.717, 1.165) is 0 Å². The van der Waals surface area contributed by atoms with Gasteiger partial charge in [0.15, 0.2) is 11.9 Å². The van der Waals surface area contributed by atoms with Gasteiger partial charge in [-0.1, -0.05) is 12.1 Å². The lowest BCUT2D eigenvalue weighted by molar-refractivity contribution is 0.0942. The van der Waals surface area contributed by atoms with Crippen LogP contribution in [0.3, 0.4) is 0 Å². The number of hydrogen-bond donors (Lipinski definition) is 6. The number of carbonyl (C=O) groups is 2. The van der Waals surface area contributed by atoms with Gasteiger partial charge in [0, 0.05) is 0 Å². The van der Waals surface area contributed by atoms with Crippen LogP contribution in [0.15, 0.2) is 24.3 Å². The quantitative estimate of drug-likeness (QED) is 0.291. The fraction of sp³-hybridized carbons (Fsp3) is 0. The molecule has 0 fully saturated rings. The van der Waals surface area contributed by atoms with Gasteiger partial charge in [-0.15, -0.1) is 0 Å². The van der Waals surface area contributed by atoms with Crippen LogP contribution in [-0.2, 0) is 0 Å². The summed E-state index contributed by atoms with van der Waals surface area (Å²) >= 11 is 0. The fourth-order valence-electron chi connectivity index (χ4n) is 1.26. The van der Waals surface area contributed by atoms with Crippen LogP contribution in [0.4, 0.5) is 0 Å². The van der Waals surface area contributed by atoms with Crippen LogP contribution in [0.5, 0.6) is 0 Å². The third-order valence-corrected chi connectivity index (χ3v) is 1.91. The summed E-state index contributed by atoms with van der Waals surface area (Å²) in [5.74, 6) is -2.42. The van der Waals surface area contributed by atoms with Crippen LogP contribution in [0.1, 0.15) is 20.7 Å². The second-order valence-electron chi connectivity index (χ2n) is 3.28. The van der Waals surface area contributed by atoms with E-state index >= 15 is 0 Å². The van der Waals surface area contributed by atoms with E-state index in [2.05, 4.69) is 10.6 Å². The highest BCUT2D eigenvalue weighted by Crippen LogP contribution is 2.08. The molecule has 0 bridgehead atoms. The fourth-order valence-corrected chi connectivity index (χ4v) is 1.26. The van der Waals surface area contributed by atoms with Crippen molar-refractivity contribution in [1.29, 1.82) is 10.8 Å². The Morgan fingerprint density at radius 1 is 0.889 bits per heavy atom. The van der Waals surface area contributed by atoms with E-state index in [1.54, 1.807) is 12.1 Å². The maximum absolute atomic E-state index is 11.7. The molecule has 0 saturated heterocycles. The van der Waals surface area contributed by atoms with Gasteiger partial charge >= 0.3 is 0 Å². The number of hydrogen-bond acceptors (Lipinski definition) is 4. The monoisotopic (exact) mass is 248 g/mol. The van der Waals surface area contributed by atoms with E-state index < -0.39 is 23.7 Å². The first-order chi connectivity index (χ1) is 8.41. The van der Waals surface area contributed by atoms with Gasteiger partial charge in [-0.25, -0.2) is 0 Å². The molecule has 0 aliphatic carbocycles. The van der Waals surface area contributed by atoms with Crippen molar-refractivity contribution < 1.29 is 9.59 Å². The van der Waals surface area contributed by atoms with Crippen molar-refractivity contribution in [1.82, 2.24) is 10.6 Å². The zero-order valence-electron chi connectivity index (χ0n) is 9.28. The van der Waals surface area contributed by atoms with Crippen molar-refractivity contribution in [2.24, 2.45) is 11.5 Å². The van der Waals surface area contributed by atoms with E-state index in [9.17, 15) is 9.59 Å². The Hall–Kier alpha value is -2.90. The Labute approximate surface area is 102 Å². The molecule has 0 unspecified atom stereocenters. The molecule has 2 amide bonds. The second-order valence-corrected chi connectivity index (χ2v) is 3.28. The average molecular weight is 248 g/mol. The largest absolute Gasteiger partial charge is 0.370 e. The first kappa shape index (κ1) is 13.2. The number of benzene rings is 1. The molecule has 8 N–H and O–H groups in total. The summed E-state index contributed by atoms with van der Waals surface area (Å²) in [6, 6.07) is 5.90. The number of nitrogens with one attached hydrogen (secondary N) is 4. The van der Waals surface area contributed by atoms with Crippen molar-refractivity contribution in [3.05, 3.63) is 35.4 Å². The van der Waals surface area contributed by atoms with Crippen molar-refractivity contribution in [2.75, 3.05) is 0 Å². The summed E-state index contributed by atoms with van der Waals surface area (Å²) in [6.45, 7) is 0. The maximum atomic E-state index is 11.7. The van der Waals surface area contributed by atoms with E-state index in [4.69, 9.17) is 22.3 Å². The van der Waals surface area contributed by atoms with Gasteiger partial charge < -0.3 is 11.5 Å². The Bertz CT molecular complexity index is 478. The van der Waals surface area contributed by atoms with Crippen molar-refractivity contribution >= 4 is 23.7 Å². The van der Waals surface area contributed by atoms with Crippen LogP contribution >= 0.6 is 0 Å². The number of guanidine groups is 2. The van der Waals surface area contributed by atoms with E-state index in [-0.39, 0.29) is 11.1 Å². The minimum atomic E-state index is -0.684. The van der Waals surface area contributed by atoms with E-state index in [1.807, 2.05) is 0 Å². The minimum absolute atomic E-state index is 0.0338. The molecule has 18 heavy (non-hydrogen) atoms. The van der Waals surface area contributed by atoms with Crippen LogP contribution in [-0.4, -0.2) is 23.7 Å². The third kappa shape index (κ3) is 3.30. The molecule has 0 aliphatic rings. The second kappa shape index (κ2) is 5.43. The molecule has 0 heterocycles. The minimum Gasteiger partial charge on any atom is -0.370 e. The number of nitrogens with two attached hydrogens (primary N) is 2.